The Kier molecular flexibility index (Phi) is 3.93. The van der Waals surface area contributed by atoms with Crippen molar-refractivity contribution in [1.82, 2.24) is 20.5 Å². The standard InChI is InChI=1S/C8H16N6/c1-3-10-8(12-9)11-6-7-4-5-14(2)13-7/h4-5H,3,6,9H2,1-2H3,(H2,10,11,12). The van der Waals surface area contributed by atoms with E-state index in [-0.39, 0.29) is 0 Å². The van der Waals surface area contributed by atoms with Gasteiger partial charge in [-0.25, -0.2) is 10.8 Å². The topological polar surface area (TPSA) is 80.3 Å². The summed E-state index contributed by atoms with van der Waals surface area (Å²) in [6, 6.07) is 1.92. The molecule has 14 heavy (non-hydrogen) atoms. The minimum atomic E-state index is 0.521. The summed E-state index contributed by atoms with van der Waals surface area (Å²) in [5, 5.41) is 7.18. The average Bonchev–Trinajstić information content (AvgIpc) is 2.59. The predicted octanol–water partition coefficient (Wildman–Crippen LogP) is -0.651. The van der Waals surface area contributed by atoms with Crippen molar-refractivity contribution in [2.24, 2.45) is 17.9 Å². The number of nitrogens with two attached hydrogens (primary N) is 1. The second kappa shape index (κ2) is 5.23. The van der Waals surface area contributed by atoms with Crippen molar-refractivity contribution in [3.63, 3.8) is 0 Å². The van der Waals surface area contributed by atoms with Crippen LogP contribution < -0.4 is 16.6 Å². The summed E-state index contributed by atoms with van der Waals surface area (Å²) in [6.07, 6.45) is 1.88. The van der Waals surface area contributed by atoms with Crippen molar-refractivity contribution >= 4 is 5.96 Å². The van der Waals surface area contributed by atoms with Gasteiger partial charge in [-0.1, -0.05) is 0 Å². The molecule has 6 nitrogen and oxygen atoms in total. The number of rotatable bonds is 3. The number of hydrazine groups is 1. The molecule has 0 amide bonds. The molecular weight excluding hydrogens is 180 g/mol. The SMILES string of the molecule is CCNC(=NCc1ccn(C)n1)NN. The maximum absolute atomic E-state index is 5.26. The highest BCUT2D eigenvalue weighted by Gasteiger charge is 1.96. The first-order chi connectivity index (χ1) is 6.76. The van der Waals surface area contributed by atoms with Gasteiger partial charge in [0.1, 0.15) is 0 Å². The monoisotopic (exact) mass is 196 g/mol. The van der Waals surface area contributed by atoms with E-state index in [4.69, 9.17) is 5.84 Å². The molecule has 6 heteroatoms. The number of nitrogens with zero attached hydrogens (tertiary/aromatic N) is 3. The molecule has 1 rings (SSSR count). The van der Waals surface area contributed by atoms with Crippen molar-refractivity contribution in [3.8, 4) is 0 Å². The van der Waals surface area contributed by atoms with Crippen LogP contribution in [0.3, 0.4) is 0 Å². The summed E-state index contributed by atoms with van der Waals surface area (Å²) in [4.78, 5) is 4.21. The van der Waals surface area contributed by atoms with E-state index < -0.39 is 0 Å². The zero-order chi connectivity index (χ0) is 10.4. The van der Waals surface area contributed by atoms with E-state index in [0.29, 0.717) is 12.5 Å². The first kappa shape index (κ1) is 10.5. The van der Waals surface area contributed by atoms with Gasteiger partial charge in [-0.2, -0.15) is 5.10 Å². The highest BCUT2D eigenvalue weighted by atomic mass is 15.3. The van der Waals surface area contributed by atoms with Gasteiger partial charge >= 0.3 is 0 Å². The Morgan fingerprint density at radius 3 is 3.00 bits per heavy atom. The summed E-state index contributed by atoms with van der Waals surface area (Å²) in [5.74, 6) is 5.84. The second-order valence-electron chi connectivity index (χ2n) is 2.82. The fraction of sp³-hybridized carbons (Fsp3) is 0.500. The minimum Gasteiger partial charge on any atom is -0.356 e. The van der Waals surface area contributed by atoms with Gasteiger partial charge in [-0.05, 0) is 13.0 Å². The van der Waals surface area contributed by atoms with Gasteiger partial charge in [-0.15, -0.1) is 0 Å². The van der Waals surface area contributed by atoms with Gasteiger partial charge in [0.25, 0.3) is 0 Å². The summed E-state index contributed by atoms with van der Waals surface area (Å²) in [7, 11) is 1.87. The van der Waals surface area contributed by atoms with Gasteiger partial charge in [0.05, 0.1) is 12.2 Å². The molecule has 1 aromatic heterocycles. The molecule has 0 atom stereocenters. The molecule has 0 fully saturated rings. The smallest absolute Gasteiger partial charge is 0.206 e. The molecule has 0 aliphatic carbocycles. The van der Waals surface area contributed by atoms with E-state index in [1.165, 1.54) is 0 Å². The number of nitrogens with one attached hydrogen (secondary N) is 2. The van der Waals surface area contributed by atoms with Crippen molar-refractivity contribution in [3.05, 3.63) is 18.0 Å². The molecule has 0 aliphatic rings. The van der Waals surface area contributed by atoms with Gasteiger partial charge in [0.2, 0.25) is 5.96 Å². The Morgan fingerprint density at radius 2 is 2.50 bits per heavy atom. The van der Waals surface area contributed by atoms with Crippen LogP contribution in [0.5, 0.6) is 0 Å². The zero-order valence-corrected chi connectivity index (χ0v) is 8.49. The molecule has 0 radical (unpaired) electrons. The molecule has 0 saturated carbocycles. The lowest BCUT2D eigenvalue weighted by atomic mass is 10.4. The van der Waals surface area contributed by atoms with Crippen LogP contribution in [-0.4, -0.2) is 22.3 Å². The van der Waals surface area contributed by atoms with Crippen molar-refractivity contribution in [2.75, 3.05) is 6.54 Å². The van der Waals surface area contributed by atoms with Crippen molar-refractivity contribution in [2.45, 2.75) is 13.5 Å². The quantitative estimate of drug-likeness (QED) is 0.260. The van der Waals surface area contributed by atoms with Crippen LogP contribution in [0.25, 0.3) is 0 Å². The third kappa shape index (κ3) is 3.06. The molecule has 0 bridgehead atoms. The van der Waals surface area contributed by atoms with Crippen LogP contribution in [0, 0.1) is 0 Å². The Hall–Kier alpha value is -1.56. The van der Waals surface area contributed by atoms with Crippen LogP contribution >= 0.6 is 0 Å². The maximum atomic E-state index is 5.26. The lowest BCUT2D eigenvalue weighted by Crippen LogP contribution is -2.41. The first-order valence-corrected chi connectivity index (χ1v) is 4.49. The van der Waals surface area contributed by atoms with Gasteiger partial charge in [-0.3, -0.25) is 10.1 Å². The minimum absolute atomic E-state index is 0.521. The largest absolute Gasteiger partial charge is 0.356 e. The number of aromatic nitrogens is 2. The maximum Gasteiger partial charge on any atom is 0.206 e. The Morgan fingerprint density at radius 1 is 1.71 bits per heavy atom. The van der Waals surface area contributed by atoms with Gasteiger partial charge in [0.15, 0.2) is 0 Å². The molecule has 0 saturated heterocycles. The third-order valence-corrected chi connectivity index (χ3v) is 1.65. The molecule has 0 spiro atoms. The van der Waals surface area contributed by atoms with E-state index in [0.717, 1.165) is 12.2 Å². The van der Waals surface area contributed by atoms with Crippen LogP contribution in [0.1, 0.15) is 12.6 Å². The molecule has 0 aromatic carbocycles. The molecule has 1 heterocycles. The highest BCUT2D eigenvalue weighted by molar-refractivity contribution is 5.78. The van der Waals surface area contributed by atoms with Crippen molar-refractivity contribution < 1.29 is 0 Å². The number of hydrogen-bond donors (Lipinski definition) is 3. The lowest BCUT2D eigenvalue weighted by Gasteiger charge is -2.05. The highest BCUT2D eigenvalue weighted by Crippen LogP contribution is 1.95. The van der Waals surface area contributed by atoms with Crippen LogP contribution in [0.2, 0.25) is 0 Å². The summed E-state index contributed by atoms with van der Waals surface area (Å²) >= 11 is 0. The van der Waals surface area contributed by atoms with E-state index in [1.807, 2.05) is 26.2 Å². The van der Waals surface area contributed by atoms with E-state index >= 15 is 0 Å². The summed E-state index contributed by atoms with van der Waals surface area (Å²) in [6.45, 7) is 3.28. The van der Waals surface area contributed by atoms with Crippen LogP contribution in [-0.2, 0) is 13.6 Å². The Bertz CT molecular complexity index is 303. The van der Waals surface area contributed by atoms with Crippen LogP contribution in [0.15, 0.2) is 17.3 Å². The summed E-state index contributed by atoms with van der Waals surface area (Å²) < 4.78 is 1.74. The molecule has 78 valence electrons. The molecule has 0 aliphatic heterocycles. The predicted molar refractivity (Wildman–Crippen MR) is 55.3 cm³/mol. The number of guanidine groups is 1. The third-order valence-electron chi connectivity index (χ3n) is 1.65. The number of aliphatic imine (C=N–C) groups is 1. The average molecular weight is 196 g/mol. The second-order valence-corrected chi connectivity index (χ2v) is 2.82. The number of hydrogen-bond acceptors (Lipinski definition) is 3. The Balaban J connectivity index is 2.51. The van der Waals surface area contributed by atoms with E-state index in [9.17, 15) is 0 Å². The molecule has 0 unspecified atom stereocenters. The number of aryl methyl sites for hydroxylation is 1. The fourth-order valence-electron chi connectivity index (χ4n) is 1.03. The zero-order valence-electron chi connectivity index (χ0n) is 8.49. The summed E-state index contributed by atoms with van der Waals surface area (Å²) in [5.41, 5.74) is 3.40. The van der Waals surface area contributed by atoms with Crippen molar-refractivity contribution in [1.29, 1.82) is 0 Å². The van der Waals surface area contributed by atoms with E-state index in [1.54, 1.807) is 4.68 Å². The first-order valence-electron chi connectivity index (χ1n) is 4.49. The fourth-order valence-corrected chi connectivity index (χ4v) is 1.03. The lowest BCUT2D eigenvalue weighted by molar-refractivity contribution is 0.739. The molecule has 4 N–H and O–H groups in total. The Labute approximate surface area is 83.2 Å². The molecular formula is C8H16N6. The van der Waals surface area contributed by atoms with Gasteiger partial charge in [0, 0.05) is 19.8 Å². The van der Waals surface area contributed by atoms with Crippen LogP contribution in [0.4, 0.5) is 0 Å². The van der Waals surface area contributed by atoms with E-state index in [2.05, 4.69) is 20.8 Å². The molecule has 1 aromatic rings. The van der Waals surface area contributed by atoms with Gasteiger partial charge < -0.3 is 5.32 Å². The normalized spacial score (nSPS) is 11.5.